The summed E-state index contributed by atoms with van der Waals surface area (Å²) in [6.45, 7) is 2.64. The van der Waals surface area contributed by atoms with Gasteiger partial charge in [0.05, 0.1) is 12.6 Å². The molecule has 1 aromatic carbocycles. The molecule has 0 aromatic heterocycles. The van der Waals surface area contributed by atoms with Crippen LogP contribution in [0.3, 0.4) is 0 Å². The Morgan fingerprint density at radius 2 is 2.00 bits per heavy atom. The second kappa shape index (κ2) is 4.15. The molecule has 1 aromatic rings. The molecule has 3 nitrogen and oxygen atoms in total. The molecule has 2 aliphatic rings. The summed E-state index contributed by atoms with van der Waals surface area (Å²) in [6.07, 6.45) is 1.92. The molecule has 2 saturated heterocycles. The highest BCUT2D eigenvalue weighted by Gasteiger charge is 2.43. The molecular formula is C14H17NO2. The number of carbonyl (C=O) groups is 1. The summed E-state index contributed by atoms with van der Waals surface area (Å²) in [7, 11) is 0. The van der Waals surface area contributed by atoms with E-state index >= 15 is 0 Å². The lowest BCUT2D eigenvalue weighted by Crippen LogP contribution is -2.45. The first kappa shape index (κ1) is 10.8. The fourth-order valence-corrected chi connectivity index (χ4v) is 2.78. The molecule has 2 heterocycles. The maximum Gasteiger partial charge on any atom is 0.228 e. The smallest absolute Gasteiger partial charge is 0.228 e. The van der Waals surface area contributed by atoms with Crippen molar-refractivity contribution in [3.05, 3.63) is 35.9 Å². The van der Waals surface area contributed by atoms with Gasteiger partial charge in [0.25, 0.3) is 0 Å². The number of fused-ring (bicyclic) bond motifs is 1. The molecule has 2 aliphatic heterocycles. The Hall–Kier alpha value is -1.35. The second-order valence-electron chi connectivity index (χ2n) is 4.94. The van der Waals surface area contributed by atoms with Crippen molar-refractivity contribution in [2.45, 2.75) is 32.0 Å². The Morgan fingerprint density at radius 3 is 2.76 bits per heavy atom. The largest absolute Gasteiger partial charge is 0.356 e. The maximum absolute atomic E-state index is 12.2. The van der Waals surface area contributed by atoms with E-state index in [9.17, 15) is 4.79 Å². The molecule has 3 heteroatoms. The quantitative estimate of drug-likeness (QED) is 0.742. The van der Waals surface area contributed by atoms with Gasteiger partial charge in [0.2, 0.25) is 5.91 Å². The van der Waals surface area contributed by atoms with Crippen molar-refractivity contribution in [1.82, 2.24) is 4.90 Å². The SMILES string of the molecule is C[C@@H]1CC[C@H]2OC[C@@H](c3ccccc3)N2C1=O. The molecule has 2 fully saturated rings. The number of carbonyl (C=O) groups excluding carboxylic acids is 1. The first-order valence-electron chi connectivity index (χ1n) is 6.26. The van der Waals surface area contributed by atoms with E-state index in [0.717, 1.165) is 12.8 Å². The lowest BCUT2D eigenvalue weighted by Gasteiger charge is -2.35. The van der Waals surface area contributed by atoms with E-state index in [2.05, 4.69) is 12.1 Å². The van der Waals surface area contributed by atoms with Crippen molar-refractivity contribution in [2.75, 3.05) is 6.61 Å². The van der Waals surface area contributed by atoms with Crippen LogP contribution in [0.4, 0.5) is 0 Å². The van der Waals surface area contributed by atoms with Crippen molar-refractivity contribution in [1.29, 1.82) is 0 Å². The molecule has 3 atom stereocenters. The minimum atomic E-state index is 0.00362. The van der Waals surface area contributed by atoms with Gasteiger partial charge in [0.15, 0.2) is 0 Å². The molecule has 17 heavy (non-hydrogen) atoms. The fourth-order valence-electron chi connectivity index (χ4n) is 2.78. The normalized spacial score (nSPS) is 32.6. The zero-order chi connectivity index (χ0) is 11.8. The first-order valence-corrected chi connectivity index (χ1v) is 6.26. The third-order valence-electron chi connectivity index (χ3n) is 3.80. The number of piperidine rings is 1. The van der Waals surface area contributed by atoms with Gasteiger partial charge in [-0.1, -0.05) is 37.3 Å². The average Bonchev–Trinajstić information content (AvgIpc) is 2.79. The molecule has 1 amide bonds. The topological polar surface area (TPSA) is 29.5 Å². The molecule has 90 valence electrons. The standard InChI is InChI=1S/C14H17NO2/c1-10-7-8-13-15(14(10)16)12(9-17-13)11-5-3-2-4-6-11/h2-6,10,12-13H,7-9H2,1H3/t10-,12+,13-/m1/s1. The maximum atomic E-state index is 12.2. The van der Waals surface area contributed by atoms with Crippen molar-refractivity contribution in [3.63, 3.8) is 0 Å². The third-order valence-corrected chi connectivity index (χ3v) is 3.80. The second-order valence-corrected chi connectivity index (χ2v) is 4.94. The van der Waals surface area contributed by atoms with Gasteiger partial charge in [0, 0.05) is 5.92 Å². The zero-order valence-corrected chi connectivity index (χ0v) is 10.0. The Morgan fingerprint density at radius 1 is 1.24 bits per heavy atom. The average molecular weight is 231 g/mol. The summed E-state index contributed by atoms with van der Waals surface area (Å²) in [5.74, 6) is 0.381. The molecule has 3 rings (SSSR count). The van der Waals surface area contributed by atoms with Gasteiger partial charge >= 0.3 is 0 Å². The minimum Gasteiger partial charge on any atom is -0.356 e. The summed E-state index contributed by atoms with van der Waals surface area (Å²) in [6, 6.07) is 10.3. The molecule has 0 N–H and O–H groups in total. The number of benzene rings is 1. The number of rotatable bonds is 1. The van der Waals surface area contributed by atoms with Gasteiger partial charge in [-0.2, -0.15) is 0 Å². The van der Waals surface area contributed by atoms with Crippen molar-refractivity contribution in [3.8, 4) is 0 Å². The third kappa shape index (κ3) is 1.75. The van der Waals surface area contributed by atoms with Gasteiger partial charge < -0.3 is 9.64 Å². The highest BCUT2D eigenvalue weighted by atomic mass is 16.5. The van der Waals surface area contributed by atoms with Gasteiger partial charge in [-0.05, 0) is 18.4 Å². The van der Waals surface area contributed by atoms with Crippen LogP contribution in [0, 0.1) is 5.92 Å². The van der Waals surface area contributed by atoms with Crippen LogP contribution in [0.5, 0.6) is 0 Å². The Kier molecular flexibility index (Phi) is 2.63. The van der Waals surface area contributed by atoms with Gasteiger partial charge in [-0.25, -0.2) is 0 Å². The van der Waals surface area contributed by atoms with E-state index in [1.807, 2.05) is 30.0 Å². The number of amides is 1. The van der Waals surface area contributed by atoms with E-state index in [1.165, 1.54) is 5.56 Å². The fraction of sp³-hybridized carbons (Fsp3) is 0.500. The highest BCUT2D eigenvalue weighted by Crippen LogP contribution is 2.37. The summed E-state index contributed by atoms with van der Waals surface area (Å²) in [5, 5.41) is 0. The monoisotopic (exact) mass is 231 g/mol. The first-order chi connectivity index (χ1) is 8.27. The molecule has 0 bridgehead atoms. The van der Waals surface area contributed by atoms with Gasteiger partial charge in [-0.3, -0.25) is 4.79 Å². The van der Waals surface area contributed by atoms with Gasteiger partial charge in [-0.15, -0.1) is 0 Å². The van der Waals surface area contributed by atoms with E-state index in [1.54, 1.807) is 0 Å². The Bertz CT molecular complexity index is 417. The Balaban J connectivity index is 1.90. The van der Waals surface area contributed by atoms with Crippen molar-refractivity contribution in [2.24, 2.45) is 5.92 Å². The van der Waals surface area contributed by atoms with E-state index in [4.69, 9.17) is 4.74 Å². The van der Waals surface area contributed by atoms with Gasteiger partial charge in [0.1, 0.15) is 6.23 Å². The van der Waals surface area contributed by atoms with Crippen LogP contribution in [0.15, 0.2) is 30.3 Å². The lowest BCUT2D eigenvalue weighted by atomic mass is 9.95. The summed E-state index contributed by atoms with van der Waals surface area (Å²) in [5.41, 5.74) is 1.18. The number of nitrogens with zero attached hydrogens (tertiary/aromatic N) is 1. The van der Waals surface area contributed by atoms with Crippen LogP contribution in [0.1, 0.15) is 31.4 Å². The van der Waals surface area contributed by atoms with Crippen molar-refractivity contribution >= 4 is 5.91 Å². The summed E-state index contributed by atoms with van der Waals surface area (Å²) < 4.78 is 5.75. The predicted molar refractivity (Wildman–Crippen MR) is 64.2 cm³/mol. The zero-order valence-electron chi connectivity index (χ0n) is 10.0. The predicted octanol–water partition coefficient (Wildman–Crippen LogP) is 2.34. The van der Waals surface area contributed by atoms with Crippen LogP contribution in [0.25, 0.3) is 0 Å². The molecular weight excluding hydrogens is 214 g/mol. The number of hydrogen-bond acceptors (Lipinski definition) is 2. The van der Waals surface area contributed by atoms with Crippen LogP contribution in [-0.4, -0.2) is 23.6 Å². The highest BCUT2D eigenvalue weighted by molar-refractivity contribution is 5.80. The molecule has 0 spiro atoms. The number of ether oxygens (including phenoxy) is 1. The molecule has 0 unspecified atom stereocenters. The minimum absolute atomic E-state index is 0.00362. The van der Waals surface area contributed by atoms with Crippen LogP contribution in [0.2, 0.25) is 0 Å². The molecule has 0 radical (unpaired) electrons. The number of hydrogen-bond donors (Lipinski definition) is 0. The summed E-state index contributed by atoms with van der Waals surface area (Å²) in [4.78, 5) is 14.2. The Labute approximate surface area is 101 Å². The van der Waals surface area contributed by atoms with E-state index in [-0.39, 0.29) is 24.1 Å². The molecule has 0 aliphatic carbocycles. The van der Waals surface area contributed by atoms with E-state index in [0.29, 0.717) is 6.61 Å². The van der Waals surface area contributed by atoms with Crippen LogP contribution < -0.4 is 0 Å². The van der Waals surface area contributed by atoms with Crippen LogP contribution >= 0.6 is 0 Å². The van der Waals surface area contributed by atoms with Crippen molar-refractivity contribution < 1.29 is 9.53 Å². The lowest BCUT2D eigenvalue weighted by molar-refractivity contribution is -0.147. The summed E-state index contributed by atoms with van der Waals surface area (Å²) >= 11 is 0. The molecule has 0 saturated carbocycles. The van der Waals surface area contributed by atoms with E-state index < -0.39 is 0 Å². The van der Waals surface area contributed by atoms with Crippen LogP contribution in [-0.2, 0) is 9.53 Å².